The average Bonchev–Trinajstić information content (AvgIpc) is 2.46. The number of hydrogen-bond donors (Lipinski definition) is 0. The molecule has 1 aliphatic heterocycles. The SMILES string of the molecule is COc1cccc(OC)c1C(=O)C1SCCSC1C. The Morgan fingerprint density at radius 3 is 2.26 bits per heavy atom. The van der Waals surface area contributed by atoms with Gasteiger partial charge in [0.25, 0.3) is 0 Å². The fourth-order valence-corrected chi connectivity index (χ4v) is 4.86. The molecule has 0 aliphatic carbocycles. The standard InChI is InChI=1S/C14H18O3S2/c1-9-14(19-8-7-18-9)13(15)12-10(16-2)5-4-6-11(12)17-3/h4-6,9,14H,7-8H2,1-3H3. The van der Waals surface area contributed by atoms with Gasteiger partial charge in [-0.3, -0.25) is 4.79 Å². The van der Waals surface area contributed by atoms with E-state index in [9.17, 15) is 4.79 Å². The number of ketones is 1. The molecular weight excluding hydrogens is 280 g/mol. The first-order valence-corrected chi connectivity index (χ1v) is 8.27. The Morgan fingerprint density at radius 2 is 1.74 bits per heavy atom. The maximum Gasteiger partial charge on any atom is 0.184 e. The number of carbonyl (C=O) groups excluding carboxylic acids is 1. The highest BCUT2D eigenvalue weighted by Crippen LogP contribution is 2.37. The third kappa shape index (κ3) is 3.03. The largest absolute Gasteiger partial charge is 0.496 e. The number of benzene rings is 1. The molecule has 19 heavy (non-hydrogen) atoms. The van der Waals surface area contributed by atoms with Crippen molar-refractivity contribution >= 4 is 29.3 Å². The quantitative estimate of drug-likeness (QED) is 0.798. The summed E-state index contributed by atoms with van der Waals surface area (Å²) >= 11 is 3.58. The van der Waals surface area contributed by atoms with Gasteiger partial charge in [-0.25, -0.2) is 0 Å². The Bertz CT molecular complexity index is 440. The molecule has 5 heteroatoms. The molecule has 1 fully saturated rings. The lowest BCUT2D eigenvalue weighted by atomic mass is 10.0. The molecule has 3 nitrogen and oxygen atoms in total. The van der Waals surface area contributed by atoms with Gasteiger partial charge in [-0.1, -0.05) is 13.0 Å². The first-order chi connectivity index (χ1) is 9.19. The van der Waals surface area contributed by atoms with Crippen molar-refractivity contribution in [2.24, 2.45) is 0 Å². The zero-order valence-corrected chi connectivity index (χ0v) is 13.0. The fraction of sp³-hybridized carbons (Fsp3) is 0.500. The van der Waals surface area contributed by atoms with Crippen LogP contribution in [0.4, 0.5) is 0 Å². The van der Waals surface area contributed by atoms with E-state index in [-0.39, 0.29) is 11.0 Å². The van der Waals surface area contributed by atoms with Crippen molar-refractivity contribution < 1.29 is 14.3 Å². The molecule has 1 aromatic rings. The molecule has 0 bridgehead atoms. The van der Waals surface area contributed by atoms with Crippen LogP contribution in [0.15, 0.2) is 18.2 Å². The first kappa shape index (κ1) is 14.6. The molecule has 2 unspecified atom stereocenters. The number of rotatable bonds is 4. The zero-order valence-electron chi connectivity index (χ0n) is 11.3. The van der Waals surface area contributed by atoms with Crippen LogP contribution in [0.3, 0.4) is 0 Å². The van der Waals surface area contributed by atoms with Gasteiger partial charge >= 0.3 is 0 Å². The molecule has 0 radical (unpaired) electrons. The first-order valence-electron chi connectivity index (χ1n) is 6.17. The lowest BCUT2D eigenvalue weighted by Gasteiger charge is -2.27. The van der Waals surface area contributed by atoms with Gasteiger partial charge < -0.3 is 9.47 Å². The van der Waals surface area contributed by atoms with Crippen molar-refractivity contribution in [3.63, 3.8) is 0 Å². The van der Waals surface area contributed by atoms with E-state index in [0.717, 1.165) is 11.5 Å². The summed E-state index contributed by atoms with van der Waals surface area (Å²) in [6.07, 6.45) is 0. The van der Waals surface area contributed by atoms with E-state index < -0.39 is 0 Å². The molecule has 1 aliphatic rings. The molecule has 2 atom stereocenters. The monoisotopic (exact) mass is 298 g/mol. The van der Waals surface area contributed by atoms with Crippen LogP contribution < -0.4 is 9.47 Å². The van der Waals surface area contributed by atoms with Crippen LogP contribution in [0, 0.1) is 0 Å². The second kappa shape index (κ2) is 6.57. The van der Waals surface area contributed by atoms with E-state index in [1.54, 1.807) is 38.1 Å². The fourth-order valence-electron chi connectivity index (χ4n) is 2.16. The summed E-state index contributed by atoms with van der Waals surface area (Å²) in [4.78, 5) is 12.8. The van der Waals surface area contributed by atoms with Crippen molar-refractivity contribution in [3.8, 4) is 11.5 Å². The van der Waals surface area contributed by atoms with Gasteiger partial charge in [-0.2, -0.15) is 11.8 Å². The predicted octanol–water partition coefficient (Wildman–Crippen LogP) is 3.12. The Labute approximate surface area is 122 Å². The normalized spacial score (nSPS) is 22.9. The average molecular weight is 298 g/mol. The molecular formula is C14H18O3S2. The lowest BCUT2D eigenvalue weighted by Crippen LogP contribution is -2.31. The topological polar surface area (TPSA) is 35.5 Å². The van der Waals surface area contributed by atoms with Crippen molar-refractivity contribution in [2.45, 2.75) is 17.4 Å². The molecule has 1 heterocycles. The van der Waals surface area contributed by atoms with E-state index in [0.29, 0.717) is 22.3 Å². The van der Waals surface area contributed by atoms with Crippen LogP contribution in [0.2, 0.25) is 0 Å². The van der Waals surface area contributed by atoms with Gasteiger partial charge in [0.1, 0.15) is 17.1 Å². The zero-order chi connectivity index (χ0) is 13.8. The molecule has 0 aromatic heterocycles. The van der Waals surface area contributed by atoms with Gasteiger partial charge in [0, 0.05) is 16.8 Å². The van der Waals surface area contributed by atoms with E-state index in [1.165, 1.54) is 0 Å². The summed E-state index contributed by atoms with van der Waals surface area (Å²) in [7, 11) is 3.16. The summed E-state index contributed by atoms with van der Waals surface area (Å²) in [6.45, 7) is 2.11. The molecule has 0 N–H and O–H groups in total. The van der Waals surface area contributed by atoms with E-state index >= 15 is 0 Å². The Morgan fingerprint density at radius 1 is 1.16 bits per heavy atom. The van der Waals surface area contributed by atoms with Crippen LogP contribution in [-0.2, 0) is 0 Å². The summed E-state index contributed by atoms with van der Waals surface area (Å²) < 4.78 is 10.6. The maximum atomic E-state index is 12.8. The highest BCUT2D eigenvalue weighted by Gasteiger charge is 2.33. The molecule has 2 rings (SSSR count). The number of Topliss-reactive ketones (excluding diaryl/α,β-unsaturated/α-hetero) is 1. The molecule has 0 saturated carbocycles. The minimum atomic E-state index is -0.0241. The van der Waals surface area contributed by atoms with E-state index in [2.05, 4.69) is 6.92 Å². The van der Waals surface area contributed by atoms with Crippen molar-refractivity contribution in [1.29, 1.82) is 0 Å². The third-order valence-electron chi connectivity index (χ3n) is 3.12. The third-order valence-corrected chi connectivity index (χ3v) is 6.21. The summed E-state index contributed by atoms with van der Waals surface area (Å²) in [5, 5.41) is 0.296. The van der Waals surface area contributed by atoms with Gasteiger partial charge in [0.15, 0.2) is 5.78 Å². The summed E-state index contributed by atoms with van der Waals surface area (Å²) in [5.41, 5.74) is 0.569. The van der Waals surface area contributed by atoms with Gasteiger partial charge in [0.05, 0.1) is 19.5 Å². The van der Waals surface area contributed by atoms with E-state index in [1.807, 2.05) is 17.8 Å². The van der Waals surface area contributed by atoms with E-state index in [4.69, 9.17) is 9.47 Å². The Hall–Kier alpha value is -0.810. The van der Waals surface area contributed by atoms with Crippen LogP contribution >= 0.6 is 23.5 Å². The van der Waals surface area contributed by atoms with Crippen molar-refractivity contribution in [2.75, 3.05) is 25.7 Å². The molecule has 1 aromatic carbocycles. The minimum Gasteiger partial charge on any atom is -0.496 e. The maximum absolute atomic E-state index is 12.8. The second-order valence-corrected chi connectivity index (χ2v) is 7.00. The summed E-state index contributed by atoms with van der Waals surface area (Å²) in [5.74, 6) is 3.42. The highest BCUT2D eigenvalue weighted by atomic mass is 32.2. The minimum absolute atomic E-state index is 0.0241. The molecule has 0 spiro atoms. The number of ether oxygens (including phenoxy) is 2. The lowest BCUT2D eigenvalue weighted by molar-refractivity contribution is 0.0983. The predicted molar refractivity (Wildman–Crippen MR) is 82.0 cm³/mol. The van der Waals surface area contributed by atoms with Gasteiger partial charge in [-0.15, -0.1) is 11.8 Å². The van der Waals surface area contributed by atoms with Crippen LogP contribution in [0.25, 0.3) is 0 Å². The van der Waals surface area contributed by atoms with Crippen LogP contribution in [-0.4, -0.2) is 42.0 Å². The van der Waals surface area contributed by atoms with Crippen LogP contribution in [0.1, 0.15) is 17.3 Å². The van der Waals surface area contributed by atoms with Gasteiger partial charge in [0.2, 0.25) is 0 Å². The second-order valence-electron chi connectivity index (χ2n) is 4.27. The Kier molecular flexibility index (Phi) is 5.05. The smallest absolute Gasteiger partial charge is 0.184 e. The number of hydrogen-bond acceptors (Lipinski definition) is 5. The summed E-state index contributed by atoms with van der Waals surface area (Å²) in [6, 6.07) is 5.45. The molecule has 0 amide bonds. The van der Waals surface area contributed by atoms with Crippen molar-refractivity contribution in [3.05, 3.63) is 23.8 Å². The molecule has 1 saturated heterocycles. The van der Waals surface area contributed by atoms with Crippen molar-refractivity contribution in [1.82, 2.24) is 0 Å². The highest BCUT2D eigenvalue weighted by molar-refractivity contribution is 8.07. The van der Waals surface area contributed by atoms with Gasteiger partial charge in [-0.05, 0) is 12.1 Å². The number of thioether (sulfide) groups is 2. The number of carbonyl (C=O) groups is 1. The number of methoxy groups -OCH3 is 2. The molecule has 104 valence electrons. The van der Waals surface area contributed by atoms with Crippen LogP contribution in [0.5, 0.6) is 11.5 Å². The Balaban J connectivity index is 2.36.